The van der Waals surface area contributed by atoms with Gasteiger partial charge in [-0.3, -0.25) is 0 Å². The van der Waals surface area contributed by atoms with E-state index in [-0.39, 0.29) is 23.6 Å². The van der Waals surface area contributed by atoms with Gasteiger partial charge in [-0.15, -0.1) is 0 Å². The fourth-order valence-electron chi connectivity index (χ4n) is 4.06. The fraction of sp³-hybridized carbons (Fsp3) is 0.667. The fourth-order valence-corrected chi connectivity index (χ4v) is 4.06. The third kappa shape index (κ3) is 1.57. The molecule has 18 heavy (non-hydrogen) atoms. The summed E-state index contributed by atoms with van der Waals surface area (Å²) in [4.78, 5) is 11.6. The highest BCUT2D eigenvalue weighted by molar-refractivity contribution is 5.91. The summed E-state index contributed by atoms with van der Waals surface area (Å²) in [5.74, 6) is 0.222. The Hall–Kier alpha value is -1.09. The highest BCUT2D eigenvalue weighted by Crippen LogP contribution is 2.55. The van der Waals surface area contributed by atoms with Gasteiger partial charge in [-0.25, -0.2) is 4.79 Å². The van der Waals surface area contributed by atoms with Crippen LogP contribution in [0.25, 0.3) is 0 Å². The molecule has 0 saturated heterocycles. The van der Waals surface area contributed by atoms with Crippen LogP contribution in [0.1, 0.15) is 39.5 Å². The highest BCUT2D eigenvalue weighted by Gasteiger charge is 2.50. The number of esters is 1. The van der Waals surface area contributed by atoms with Gasteiger partial charge in [0.05, 0.1) is 6.10 Å². The normalized spacial score (nSPS) is 43.6. The lowest BCUT2D eigenvalue weighted by Gasteiger charge is -2.49. The van der Waals surface area contributed by atoms with E-state index < -0.39 is 0 Å². The van der Waals surface area contributed by atoms with Crippen molar-refractivity contribution >= 4 is 5.97 Å². The van der Waals surface area contributed by atoms with Crippen LogP contribution in [-0.4, -0.2) is 23.3 Å². The molecule has 0 bridgehead atoms. The Labute approximate surface area is 108 Å². The number of ether oxygens (including phenoxy) is 1. The lowest BCUT2D eigenvalue weighted by atomic mass is 9.56. The van der Waals surface area contributed by atoms with Gasteiger partial charge in [-0.05, 0) is 49.5 Å². The van der Waals surface area contributed by atoms with E-state index in [1.165, 1.54) is 5.57 Å². The maximum atomic E-state index is 11.6. The minimum Gasteiger partial charge on any atom is -0.454 e. The Morgan fingerprint density at radius 3 is 2.83 bits per heavy atom. The molecule has 3 heteroatoms. The molecule has 0 spiro atoms. The van der Waals surface area contributed by atoms with Gasteiger partial charge in [0, 0.05) is 5.57 Å². The summed E-state index contributed by atoms with van der Waals surface area (Å²) >= 11 is 0. The van der Waals surface area contributed by atoms with Gasteiger partial charge < -0.3 is 9.84 Å². The molecule has 98 valence electrons. The van der Waals surface area contributed by atoms with E-state index in [0.29, 0.717) is 12.3 Å². The third-order valence-electron chi connectivity index (χ3n) is 5.04. The molecule has 3 rings (SSSR count). The number of fused-ring (bicyclic) bond motifs is 2. The van der Waals surface area contributed by atoms with Crippen molar-refractivity contribution < 1.29 is 14.6 Å². The predicted octanol–water partition coefficient (Wildman–Crippen LogP) is 2.36. The molecule has 2 saturated carbocycles. The van der Waals surface area contributed by atoms with Crippen LogP contribution < -0.4 is 0 Å². The minimum absolute atomic E-state index is 0.0216. The van der Waals surface area contributed by atoms with E-state index in [4.69, 9.17) is 4.74 Å². The molecule has 3 nitrogen and oxygen atoms in total. The number of aliphatic hydroxyl groups excluding tert-OH is 1. The van der Waals surface area contributed by atoms with Gasteiger partial charge in [0.1, 0.15) is 6.10 Å². The molecule has 4 atom stereocenters. The van der Waals surface area contributed by atoms with Crippen molar-refractivity contribution in [1.29, 1.82) is 0 Å². The molecule has 0 aromatic carbocycles. The first-order valence-electron chi connectivity index (χ1n) is 6.67. The van der Waals surface area contributed by atoms with Gasteiger partial charge in [0.2, 0.25) is 0 Å². The van der Waals surface area contributed by atoms with E-state index in [1.807, 2.05) is 6.92 Å². The standard InChI is InChI=1S/C15H20O3/c1-8-4-10(16)6-15(3)7-13-11(5-12(8)15)9(2)14(17)18-13/h10,12-13,16H,1,4-7H2,2-3H3/t10?,12?,13?,15-/m1/s1. The van der Waals surface area contributed by atoms with Crippen molar-refractivity contribution in [2.45, 2.75) is 51.7 Å². The SMILES string of the molecule is C=C1CC(O)C[C@]2(C)CC3OC(=O)C(C)=C3CC12. The van der Waals surface area contributed by atoms with E-state index in [0.717, 1.165) is 30.4 Å². The minimum atomic E-state index is -0.289. The summed E-state index contributed by atoms with van der Waals surface area (Å²) in [5.41, 5.74) is 3.11. The van der Waals surface area contributed by atoms with Crippen LogP contribution in [0.3, 0.4) is 0 Å². The Morgan fingerprint density at radius 2 is 2.11 bits per heavy atom. The quantitative estimate of drug-likeness (QED) is 0.529. The molecule has 3 unspecified atom stereocenters. The first-order valence-corrected chi connectivity index (χ1v) is 6.67. The van der Waals surface area contributed by atoms with Crippen LogP contribution in [-0.2, 0) is 9.53 Å². The molecule has 1 aliphatic heterocycles. The lowest BCUT2D eigenvalue weighted by molar-refractivity contribution is -0.142. The maximum absolute atomic E-state index is 11.6. The molecular formula is C15H20O3. The van der Waals surface area contributed by atoms with Crippen molar-refractivity contribution in [1.82, 2.24) is 0 Å². The van der Waals surface area contributed by atoms with E-state index >= 15 is 0 Å². The van der Waals surface area contributed by atoms with Crippen molar-refractivity contribution in [2.24, 2.45) is 11.3 Å². The largest absolute Gasteiger partial charge is 0.454 e. The predicted molar refractivity (Wildman–Crippen MR) is 67.8 cm³/mol. The van der Waals surface area contributed by atoms with Gasteiger partial charge in [0.15, 0.2) is 0 Å². The zero-order valence-electron chi connectivity index (χ0n) is 11.0. The molecule has 0 amide bonds. The highest BCUT2D eigenvalue weighted by atomic mass is 16.5. The summed E-state index contributed by atoms with van der Waals surface area (Å²) in [6.45, 7) is 8.20. The molecule has 2 fully saturated rings. The number of aliphatic hydroxyl groups is 1. The second-order valence-electron chi connectivity index (χ2n) is 6.38. The van der Waals surface area contributed by atoms with Crippen LogP contribution in [0.4, 0.5) is 0 Å². The number of hydrogen-bond acceptors (Lipinski definition) is 3. The molecule has 0 radical (unpaired) electrons. The first-order chi connectivity index (χ1) is 8.40. The molecule has 0 aromatic rings. The van der Waals surface area contributed by atoms with Gasteiger partial charge in [-0.1, -0.05) is 19.1 Å². The van der Waals surface area contributed by atoms with Crippen LogP contribution in [0.15, 0.2) is 23.3 Å². The summed E-state index contributed by atoms with van der Waals surface area (Å²) in [7, 11) is 0. The summed E-state index contributed by atoms with van der Waals surface area (Å²) in [6, 6.07) is 0. The molecule has 2 aliphatic carbocycles. The lowest BCUT2D eigenvalue weighted by Crippen LogP contribution is -2.44. The maximum Gasteiger partial charge on any atom is 0.334 e. The Kier molecular flexibility index (Phi) is 2.46. The number of rotatable bonds is 0. The van der Waals surface area contributed by atoms with Crippen molar-refractivity contribution in [3.63, 3.8) is 0 Å². The topological polar surface area (TPSA) is 46.5 Å². The molecule has 1 heterocycles. The second kappa shape index (κ2) is 3.70. The van der Waals surface area contributed by atoms with Crippen LogP contribution >= 0.6 is 0 Å². The number of hydrogen-bond donors (Lipinski definition) is 1. The van der Waals surface area contributed by atoms with Crippen LogP contribution in [0.2, 0.25) is 0 Å². The molecule has 0 aromatic heterocycles. The molecular weight excluding hydrogens is 228 g/mol. The Bertz CT molecular complexity index is 462. The summed E-state index contributed by atoms with van der Waals surface area (Å²) in [5, 5.41) is 9.95. The van der Waals surface area contributed by atoms with Crippen molar-refractivity contribution in [3.8, 4) is 0 Å². The van der Waals surface area contributed by atoms with Gasteiger partial charge >= 0.3 is 5.97 Å². The third-order valence-corrected chi connectivity index (χ3v) is 5.04. The second-order valence-corrected chi connectivity index (χ2v) is 6.38. The number of carbonyl (C=O) groups is 1. The zero-order valence-corrected chi connectivity index (χ0v) is 11.0. The molecule has 3 aliphatic rings. The monoisotopic (exact) mass is 248 g/mol. The number of carbonyl (C=O) groups excluding carboxylic acids is 1. The average Bonchev–Trinajstić information content (AvgIpc) is 2.50. The smallest absolute Gasteiger partial charge is 0.334 e. The van der Waals surface area contributed by atoms with Crippen molar-refractivity contribution in [2.75, 3.05) is 0 Å². The zero-order chi connectivity index (χ0) is 13.1. The summed E-state index contributed by atoms with van der Waals surface area (Å²) < 4.78 is 5.44. The summed E-state index contributed by atoms with van der Waals surface area (Å²) in [6.07, 6.45) is 2.85. The first kappa shape index (κ1) is 12.0. The Balaban J connectivity index is 1.96. The van der Waals surface area contributed by atoms with E-state index in [2.05, 4.69) is 13.5 Å². The van der Waals surface area contributed by atoms with Crippen LogP contribution in [0.5, 0.6) is 0 Å². The Morgan fingerprint density at radius 1 is 1.39 bits per heavy atom. The van der Waals surface area contributed by atoms with Gasteiger partial charge in [0.25, 0.3) is 0 Å². The molecule has 1 N–H and O–H groups in total. The van der Waals surface area contributed by atoms with Crippen LogP contribution in [0, 0.1) is 11.3 Å². The van der Waals surface area contributed by atoms with E-state index in [9.17, 15) is 9.90 Å². The van der Waals surface area contributed by atoms with E-state index in [1.54, 1.807) is 0 Å². The van der Waals surface area contributed by atoms with Crippen molar-refractivity contribution in [3.05, 3.63) is 23.3 Å². The van der Waals surface area contributed by atoms with Gasteiger partial charge in [-0.2, -0.15) is 0 Å². The average molecular weight is 248 g/mol.